The number of ketones is 1. The van der Waals surface area contributed by atoms with Crippen LogP contribution in [0.1, 0.15) is 38.7 Å². The molecule has 1 aromatic carbocycles. The summed E-state index contributed by atoms with van der Waals surface area (Å²) >= 11 is 0. The van der Waals surface area contributed by atoms with E-state index in [9.17, 15) is 13.6 Å². The van der Waals surface area contributed by atoms with Crippen molar-refractivity contribution in [2.75, 3.05) is 0 Å². The molecule has 3 heteroatoms. The van der Waals surface area contributed by atoms with E-state index in [4.69, 9.17) is 0 Å². The van der Waals surface area contributed by atoms with Crippen molar-refractivity contribution in [1.29, 1.82) is 0 Å². The number of carbonyl (C=O) groups is 1. The molecule has 1 fully saturated rings. The third kappa shape index (κ3) is 3.20. The first-order valence-corrected chi connectivity index (χ1v) is 6.94. The van der Waals surface area contributed by atoms with Crippen molar-refractivity contribution >= 4 is 5.78 Å². The molecule has 1 saturated carbocycles. The van der Waals surface area contributed by atoms with Gasteiger partial charge < -0.3 is 0 Å². The van der Waals surface area contributed by atoms with Crippen molar-refractivity contribution in [3.63, 3.8) is 0 Å². The number of halogens is 2. The Labute approximate surface area is 113 Å². The van der Waals surface area contributed by atoms with Crippen molar-refractivity contribution < 1.29 is 13.6 Å². The summed E-state index contributed by atoms with van der Waals surface area (Å²) in [6.45, 7) is 4.28. The van der Waals surface area contributed by atoms with E-state index in [1.807, 2.05) is 0 Å². The molecular weight excluding hydrogens is 246 g/mol. The van der Waals surface area contributed by atoms with E-state index in [1.54, 1.807) is 0 Å². The largest absolute Gasteiger partial charge is 0.299 e. The summed E-state index contributed by atoms with van der Waals surface area (Å²) in [7, 11) is 0. The third-order valence-electron chi connectivity index (χ3n) is 4.26. The number of carbonyl (C=O) groups excluding carboxylic acids is 1. The zero-order valence-corrected chi connectivity index (χ0v) is 11.5. The standard InChI is InChI=1S/C16H20F2O/c1-10(2)11-6-7-16(19)12(8-11)9-13-14(17)4-3-5-15(13)18/h3-5,10-12H,6-9H2,1-2H3. The number of rotatable bonds is 3. The first-order chi connectivity index (χ1) is 8.99. The highest BCUT2D eigenvalue weighted by Gasteiger charge is 2.31. The van der Waals surface area contributed by atoms with Gasteiger partial charge in [-0.25, -0.2) is 8.78 Å². The molecule has 0 saturated heterocycles. The van der Waals surface area contributed by atoms with Crippen LogP contribution in [-0.4, -0.2) is 5.78 Å². The first kappa shape index (κ1) is 14.2. The Kier molecular flexibility index (Phi) is 4.33. The fourth-order valence-electron chi connectivity index (χ4n) is 2.92. The zero-order chi connectivity index (χ0) is 14.0. The Hall–Kier alpha value is -1.25. The first-order valence-electron chi connectivity index (χ1n) is 6.94. The predicted molar refractivity (Wildman–Crippen MR) is 70.7 cm³/mol. The minimum absolute atomic E-state index is 0.0604. The van der Waals surface area contributed by atoms with Crippen LogP contribution in [0.2, 0.25) is 0 Å². The van der Waals surface area contributed by atoms with E-state index < -0.39 is 11.6 Å². The number of benzene rings is 1. The van der Waals surface area contributed by atoms with E-state index in [-0.39, 0.29) is 23.7 Å². The van der Waals surface area contributed by atoms with Gasteiger partial charge in [-0.1, -0.05) is 19.9 Å². The fourth-order valence-corrected chi connectivity index (χ4v) is 2.92. The lowest BCUT2D eigenvalue weighted by molar-refractivity contribution is -0.125. The van der Waals surface area contributed by atoms with Crippen LogP contribution in [0.15, 0.2) is 18.2 Å². The highest BCUT2D eigenvalue weighted by molar-refractivity contribution is 5.82. The molecule has 104 valence electrons. The second-order valence-corrected chi connectivity index (χ2v) is 5.85. The van der Waals surface area contributed by atoms with Crippen LogP contribution in [-0.2, 0) is 11.2 Å². The van der Waals surface area contributed by atoms with Gasteiger partial charge in [0.05, 0.1) is 0 Å². The van der Waals surface area contributed by atoms with Crippen LogP contribution in [0.5, 0.6) is 0 Å². The smallest absolute Gasteiger partial charge is 0.136 e. The highest BCUT2D eigenvalue weighted by Crippen LogP contribution is 2.34. The van der Waals surface area contributed by atoms with Crippen LogP contribution in [0.3, 0.4) is 0 Å². The van der Waals surface area contributed by atoms with Crippen molar-refractivity contribution in [1.82, 2.24) is 0 Å². The summed E-state index contributed by atoms with van der Waals surface area (Å²) in [5, 5.41) is 0. The molecule has 0 amide bonds. The second kappa shape index (κ2) is 5.81. The highest BCUT2D eigenvalue weighted by atomic mass is 19.1. The minimum atomic E-state index is -0.542. The molecule has 0 aromatic heterocycles. The summed E-state index contributed by atoms with van der Waals surface area (Å²) in [6, 6.07) is 3.87. The summed E-state index contributed by atoms with van der Waals surface area (Å²) in [5.41, 5.74) is 0.0604. The summed E-state index contributed by atoms with van der Waals surface area (Å²) in [4.78, 5) is 11.9. The minimum Gasteiger partial charge on any atom is -0.299 e. The van der Waals surface area contributed by atoms with E-state index in [0.29, 0.717) is 18.3 Å². The van der Waals surface area contributed by atoms with Gasteiger partial charge in [-0.15, -0.1) is 0 Å². The van der Waals surface area contributed by atoms with Crippen LogP contribution in [0.4, 0.5) is 8.78 Å². The lowest BCUT2D eigenvalue weighted by Crippen LogP contribution is -2.29. The van der Waals surface area contributed by atoms with Crippen LogP contribution < -0.4 is 0 Å². The molecule has 2 atom stereocenters. The second-order valence-electron chi connectivity index (χ2n) is 5.85. The molecule has 2 rings (SSSR count). The van der Waals surface area contributed by atoms with E-state index in [1.165, 1.54) is 18.2 Å². The van der Waals surface area contributed by atoms with Gasteiger partial charge in [0.15, 0.2) is 0 Å². The van der Waals surface area contributed by atoms with Crippen molar-refractivity contribution in [2.24, 2.45) is 17.8 Å². The number of hydrogen-bond donors (Lipinski definition) is 0. The zero-order valence-electron chi connectivity index (χ0n) is 11.5. The maximum absolute atomic E-state index is 13.6. The molecular formula is C16H20F2O. The Morgan fingerprint density at radius 3 is 2.47 bits per heavy atom. The topological polar surface area (TPSA) is 17.1 Å². The van der Waals surface area contributed by atoms with Crippen molar-refractivity contribution in [3.8, 4) is 0 Å². The molecule has 1 aromatic rings. The van der Waals surface area contributed by atoms with Crippen LogP contribution >= 0.6 is 0 Å². The summed E-state index contributed by atoms with van der Waals surface area (Å²) in [6.07, 6.45) is 2.40. The van der Waals surface area contributed by atoms with Gasteiger partial charge in [-0.2, -0.15) is 0 Å². The normalized spacial score (nSPS) is 23.9. The van der Waals surface area contributed by atoms with Gasteiger partial charge in [0.2, 0.25) is 0 Å². The Bertz CT molecular complexity index is 448. The molecule has 1 aliphatic rings. The molecule has 0 aliphatic heterocycles. The number of hydrogen-bond acceptors (Lipinski definition) is 1. The van der Waals surface area contributed by atoms with Gasteiger partial charge in [0.25, 0.3) is 0 Å². The molecule has 0 bridgehead atoms. The van der Waals surface area contributed by atoms with E-state index >= 15 is 0 Å². The lowest BCUT2D eigenvalue weighted by atomic mass is 9.73. The van der Waals surface area contributed by atoms with E-state index in [2.05, 4.69) is 13.8 Å². The molecule has 0 N–H and O–H groups in total. The van der Waals surface area contributed by atoms with Gasteiger partial charge in [-0.05, 0) is 43.2 Å². The SMILES string of the molecule is CC(C)C1CCC(=O)C(Cc2c(F)cccc2F)C1. The molecule has 19 heavy (non-hydrogen) atoms. The maximum Gasteiger partial charge on any atom is 0.136 e. The molecule has 1 aliphatic carbocycles. The Balaban J connectivity index is 2.14. The maximum atomic E-state index is 13.6. The molecule has 2 unspecified atom stereocenters. The average molecular weight is 266 g/mol. The Morgan fingerprint density at radius 2 is 1.89 bits per heavy atom. The average Bonchev–Trinajstić information content (AvgIpc) is 2.35. The lowest BCUT2D eigenvalue weighted by Gasteiger charge is -2.30. The van der Waals surface area contributed by atoms with Crippen LogP contribution in [0.25, 0.3) is 0 Å². The van der Waals surface area contributed by atoms with Gasteiger partial charge >= 0.3 is 0 Å². The van der Waals surface area contributed by atoms with Gasteiger partial charge in [0.1, 0.15) is 17.4 Å². The molecule has 0 radical (unpaired) electrons. The summed E-state index contributed by atoms with van der Waals surface area (Å²) < 4.78 is 27.3. The molecule has 0 heterocycles. The Morgan fingerprint density at radius 1 is 1.26 bits per heavy atom. The summed E-state index contributed by atoms with van der Waals surface area (Å²) in [5.74, 6) is -0.162. The van der Waals surface area contributed by atoms with Crippen molar-refractivity contribution in [2.45, 2.75) is 39.5 Å². The van der Waals surface area contributed by atoms with Crippen LogP contribution in [0, 0.1) is 29.4 Å². The third-order valence-corrected chi connectivity index (χ3v) is 4.26. The number of Topliss-reactive ketones (excluding diaryl/α,β-unsaturated/α-hetero) is 1. The van der Waals surface area contributed by atoms with E-state index in [0.717, 1.165) is 12.8 Å². The van der Waals surface area contributed by atoms with Crippen molar-refractivity contribution in [3.05, 3.63) is 35.4 Å². The quantitative estimate of drug-likeness (QED) is 0.803. The molecule has 1 nitrogen and oxygen atoms in total. The van der Waals surface area contributed by atoms with Gasteiger partial charge in [-0.3, -0.25) is 4.79 Å². The monoisotopic (exact) mass is 266 g/mol. The van der Waals surface area contributed by atoms with Gasteiger partial charge in [0, 0.05) is 17.9 Å². The predicted octanol–water partition coefficient (Wildman–Crippen LogP) is 4.15. The molecule has 0 spiro atoms. The fraction of sp³-hybridized carbons (Fsp3) is 0.562.